The molecule has 0 aromatic carbocycles. The van der Waals surface area contributed by atoms with Gasteiger partial charge in [-0.3, -0.25) is 9.59 Å². The van der Waals surface area contributed by atoms with E-state index in [1.165, 1.54) is 103 Å². The van der Waals surface area contributed by atoms with Gasteiger partial charge in [-0.05, 0) is 91.1 Å². The van der Waals surface area contributed by atoms with E-state index in [0.717, 1.165) is 70.9 Å². The second kappa shape index (κ2) is 34.7. The summed E-state index contributed by atoms with van der Waals surface area (Å²) in [4.78, 5) is 27.2. The normalized spacial score (nSPS) is 12.4. The number of hydrogen-bond acceptors (Lipinski definition) is 6. The molecule has 0 N–H and O–H groups in total. The van der Waals surface area contributed by atoms with Gasteiger partial charge in [-0.15, -0.1) is 0 Å². The molecule has 0 fully saturated rings. The lowest BCUT2D eigenvalue weighted by atomic mass is 9.93. The molecule has 1 atom stereocenters. The molecule has 0 aromatic rings. The molecule has 6 nitrogen and oxygen atoms in total. The fraction of sp³-hybridized carbons (Fsp3) is 0.951. The molecule has 280 valence electrons. The van der Waals surface area contributed by atoms with Crippen molar-refractivity contribution in [1.29, 1.82) is 0 Å². The van der Waals surface area contributed by atoms with Crippen LogP contribution in [0.2, 0.25) is 0 Å². The second-order valence-corrected chi connectivity index (χ2v) is 14.6. The molecule has 6 heteroatoms. The Labute approximate surface area is 293 Å². The molecule has 0 bridgehead atoms. The topological polar surface area (TPSA) is 65.1 Å². The molecule has 0 spiro atoms. The van der Waals surface area contributed by atoms with Crippen LogP contribution in [0.1, 0.15) is 201 Å². The Balaban J connectivity index is 4.14. The van der Waals surface area contributed by atoms with E-state index in [0.29, 0.717) is 31.4 Å². The predicted molar refractivity (Wildman–Crippen MR) is 200 cm³/mol. The molecule has 0 saturated heterocycles. The third kappa shape index (κ3) is 31.9. The van der Waals surface area contributed by atoms with Crippen molar-refractivity contribution in [2.45, 2.75) is 213 Å². The summed E-state index contributed by atoms with van der Waals surface area (Å²) in [7, 11) is 3.90. The molecule has 0 aliphatic heterocycles. The molecule has 0 aliphatic carbocycles. The summed E-state index contributed by atoms with van der Waals surface area (Å²) in [5.74, 6) is 0.499. The number of unbranched alkanes of at least 4 members (excludes halogenated alkanes) is 16. The van der Waals surface area contributed by atoms with E-state index in [-0.39, 0.29) is 18.0 Å². The van der Waals surface area contributed by atoms with Crippen LogP contribution in [-0.4, -0.2) is 62.9 Å². The van der Waals surface area contributed by atoms with Crippen LogP contribution in [0, 0.1) is 5.92 Å². The zero-order chi connectivity index (χ0) is 34.8. The minimum Gasteiger partial charge on any atom is -0.466 e. The predicted octanol–water partition coefficient (Wildman–Crippen LogP) is 11.6. The Kier molecular flexibility index (Phi) is 33.9. The highest BCUT2D eigenvalue weighted by molar-refractivity contribution is 5.69. The Hall–Kier alpha value is -1.14. The molecular weight excluding hydrogens is 586 g/mol. The molecule has 0 radical (unpaired) electrons. The van der Waals surface area contributed by atoms with Crippen LogP contribution in [0.25, 0.3) is 0 Å². The van der Waals surface area contributed by atoms with Gasteiger partial charge in [0.1, 0.15) is 6.10 Å². The van der Waals surface area contributed by atoms with Gasteiger partial charge in [-0.25, -0.2) is 0 Å². The summed E-state index contributed by atoms with van der Waals surface area (Å²) in [6.45, 7) is 11.2. The van der Waals surface area contributed by atoms with E-state index in [1.54, 1.807) is 7.11 Å². The van der Waals surface area contributed by atoms with Crippen LogP contribution in [0.5, 0.6) is 0 Å². The van der Waals surface area contributed by atoms with Gasteiger partial charge >= 0.3 is 11.9 Å². The lowest BCUT2D eigenvalue weighted by Gasteiger charge is -2.21. The highest BCUT2D eigenvalue weighted by Gasteiger charge is 2.16. The summed E-state index contributed by atoms with van der Waals surface area (Å²) in [5.41, 5.74) is 0. The van der Waals surface area contributed by atoms with Gasteiger partial charge in [0.25, 0.3) is 0 Å². The SMILES string of the molecule is CCCCC(CCCC)CC(=O)OCCCCCCCCCCC(CCCCCCCCCCOC)OC(=O)CCCN(C)C(C)C. The van der Waals surface area contributed by atoms with Crippen molar-refractivity contribution in [2.75, 3.05) is 33.9 Å². The number of methoxy groups -OCH3 is 1. The monoisotopic (exact) mass is 668 g/mol. The standard InChI is InChI=1S/C41H81NO5/c1-7-9-28-38(29-10-8-2)36-41(44)46-35-26-22-18-14-12-16-20-24-31-39(47-40(43)32-27-33-42(5)37(3)4)30-23-19-15-11-13-17-21-25-34-45-6/h37-39H,7-36H2,1-6H3. The van der Waals surface area contributed by atoms with E-state index in [1.807, 2.05) is 0 Å². The van der Waals surface area contributed by atoms with Crippen LogP contribution in [0.15, 0.2) is 0 Å². The summed E-state index contributed by atoms with van der Waals surface area (Å²) >= 11 is 0. The molecule has 0 aliphatic rings. The van der Waals surface area contributed by atoms with E-state index in [2.05, 4.69) is 39.6 Å². The highest BCUT2D eigenvalue weighted by Crippen LogP contribution is 2.21. The van der Waals surface area contributed by atoms with Crippen molar-refractivity contribution in [3.63, 3.8) is 0 Å². The summed E-state index contributed by atoms with van der Waals surface area (Å²) in [5, 5.41) is 0. The molecule has 0 aromatic heterocycles. The zero-order valence-corrected chi connectivity index (χ0v) is 32.4. The summed E-state index contributed by atoms with van der Waals surface area (Å²) in [6.07, 6.45) is 30.7. The molecule has 0 amide bonds. The Morgan fingerprint density at radius 2 is 1.04 bits per heavy atom. The van der Waals surface area contributed by atoms with Crippen LogP contribution in [0.4, 0.5) is 0 Å². The fourth-order valence-corrected chi connectivity index (χ4v) is 6.27. The lowest BCUT2D eigenvalue weighted by Crippen LogP contribution is -2.28. The average Bonchev–Trinajstić information content (AvgIpc) is 3.05. The number of hydrogen-bond donors (Lipinski definition) is 0. The van der Waals surface area contributed by atoms with Crippen molar-refractivity contribution in [1.82, 2.24) is 4.90 Å². The lowest BCUT2D eigenvalue weighted by molar-refractivity contribution is -0.150. The maximum atomic E-state index is 12.7. The first kappa shape index (κ1) is 45.9. The van der Waals surface area contributed by atoms with Crippen molar-refractivity contribution >= 4 is 11.9 Å². The number of rotatable bonds is 36. The van der Waals surface area contributed by atoms with Gasteiger partial charge in [-0.1, -0.05) is 117 Å². The zero-order valence-electron chi connectivity index (χ0n) is 32.4. The average molecular weight is 668 g/mol. The van der Waals surface area contributed by atoms with Crippen LogP contribution < -0.4 is 0 Å². The number of carbonyl (C=O) groups excluding carboxylic acids is 2. The Morgan fingerprint density at radius 1 is 0.574 bits per heavy atom. The van der Waals surface area contributed by atoms with Gasteiger partial charge < -0.3 is 19.1 Å². The van der Waals surface area contributed by atoms with Gasteiger partial charge in [0.15, 0.2) is 0 Å². The third-order valence-electron chi connectivity index (χ3n) is 9.77. The molecule has 1 unspecified atom stereocenters. The maximum absolute atomic E-state index is 12.7. The van der Waals surface area contributed by atoms with E-state index >= 15 is 0 Å². The van der Waals surface area contributed by atoms with Crippen LogP contribution >= 0.6 is 0 Å². The van der Waals surface area contributed by atoms with Gasteiger partial charge in [0.05, 0.1) is 6.61 Å². The van der Waals surface area contributed by atoms with Crippen molar-refractivity contribution in [2.24, 2.45) is 5.92 Å². The van der Waals surface area contributed by atoms with Crippen molar-refractivity contribution < 1.29 is 23.8 Å². The fourth-order valence-electron chi connectivity index (χ4n) is 6.27. The molecule has 0 saturated carbocycles. The molecule has 0 heterocycles. The smallest absolute Gasteiger partial charge is 0.306 e. The van der Waals surface area contributed by atoms with E-state index in [9.17, 15) is 9.59 Å². The van der Waals surface area contributed by atoms with Gasteiger partial charge in [0.2, 0.25) is 0 Å². The maximum Gasteiger partial charge on any atom is 0.306 e. The molecule has 0 rings (SSSR count). The van der Waals surface area contributed by atoms with E-state index in [4.69, 9.17) is 14.2 Å². The van der Waals surface area contributed by atoms with Gasteiger partial charge in [0, 0.05) is 32.6 Å². The molecular formula is C41H81NO5. The van der Waals surface area contributed by atoms with Crippen LogP contribution in [-0.2, 0) is 23.8 Å². The third-order valence-corrected chi connectivity index (χ3v) is 9.77. The second-order valence-electron chi connectivity index (χ2n) is 14.6. The summed E-state index contributed by atoms with van der Waals surface area (Å²) < 4.78 is 16.7. The first-order valence-electron chi connectivity index (χ1n) is 20.4. The molecule has 47 heavy (non-hydrogen) atoms. The Bertz CT molecular complexity index is 677. The number of ether oxygens (including phenoxy) is 3. The quantitative estimate of drug-likeness (QED) is 0.0489. The summed E-state index contributed by atoms with van der Waals surface area (Å²) in [6, 6.07) is 0.502. The highest BCUT2D eigenvalue weighted by atomic mass is 16.5. The number of nitrogens with zero attached hydrogens (tertiary/aromatic N) is 1. The van der Waals surface area contributed by atoms with Gasteiger partial charge in [-0.2, -0.15) is 0 Å². The first-order chi connectivity index (χ1) is 22.8. The van der Waals surface area contributed by atoms with Crippen LogP contribution in [0.3, 0.4) is 0 Å². The van der Waals surface area contributed by atoms with Crippen molar-refractivity contribution in [3.05, 3.63) is 0 Å². The Morgan fingerprint density at radius 3 is 1.51 bits per heavy atom. The number of carbonyl (C=O) groups is 2. The largest absolute Gasteiger partial charge is 0.466 e. The number of esters is 2. The minimum absolute atomic E-state index is 0.00865. The first-order valence-corrected chi connectivity index (χ1v) is 20.4. The van der Waals surface area contributed by atoms with Crippen molar-refractivity contribution in [3.8, 4) is 0 Å². The minimum atomic E-state index is -0.0123. The van der Waals surface area contributed by atoms with E-state index < -0.39 is 0 Å².